The Bertz CT molecular complexity index is 107. The zero-order valence-corrected chi connectivity index (χ0v) is 12.0. The molecule has 1 nitrogen and oxygen atoms in total. The molecule has 0 aromatic carbocycles. The quantitative estimate of drug-likeness (QED) is 0.444. The monoisotopic (exact) mass is 281 g/mol. The Morgan fingerprint density at radius 3 is 2.29 bits per heavy atom. The molecule has 0 amide bonds. The SMILES string of the molecule is CCN(CC)CCSCCCCCBr. The molecular weight excluding hydrogens is 258 g/mol. The van der Waals surface area contributed by atoms with Crippen molar-refractivity contribution in [3.05, 3.63) is 0 Å². The highest BCUT2D eigenvalue weighted by atomic mass is 79.9. The van der Waals surface area contributed by atoms with Gasteiger partial charge in [-0.1, -0.05) is 36.2 Å². The zero-order valence-electron chi connectivity index (χ0n) is 9.60. The Hall–Kier alpha value is 0.790. The highest BCUT2D eigenvalue weighted by molar-refractivity contribution is 9.09. The Morgan fingerprint density at radius 2 is 1.71 bits per heavy atom. The number of thioether (sulfide) groups is 1. The van der Waals surface area contributed by atoms with E-state index in [4.69, 9.17) is 0 Å². The second kappa shape index (κ2) is 11.9. The molecule has 0 aliphatic rings. The van der Waals surface area contributed by atoms with Crippen molar-refractivity contribution in [1.29, 1.82) is 0 Å². The van der Waals surface area contributed by atoms with E-state index in [0.717, 1.165) is 5.33 Å². The number of rotatable bonds is 10. The normalized spacial score (nSPS) is 11.1. The fraction of sp³-hybridized carbons (Fsp3) is 1.00. The predicted molar refractivity (Wildman–Crippen MR) is 72.8 cm³/mol. The summed E-state index contributed by atoms with van der Waals surface area (Å²) in [6, 6.07) is 0. The molecular formula is C11H24BrNS. The van der Waals surface area contributed by atoms with Crippen LogP contribution in [0.4, 0.5) is 0 Å². The molecule has 0 heterocycles. The maximum Gasteiger partial charge on any atom is 0.00721 e. The van der Waals surface area contributed by atoms with E-state index in [9.17, 15) is 0 Å². The van der Waals surface area contributed by atoms with E-state index < -0.39 is 0 Å². The summed E-state index contributed by atoms with van der Waals surface area (Å²) in [4.78, 5) is 2.49. The molecule has 86 valence electrons. The highest BCUT2D eigenvalue weighted by Gasteiger charge is 1.97. The summed E-state index contributed by atoms with van der Waals surface area (Å²) in [5.74, 6) is 2.64. The molecule has 0 aliphatic carbocycles. The summed E-state index contributed by atoms with van der Waals surface area (Å²) in [6.45, 7) is 8.13. The standard InChI is InChI=1S/C11H24BrNS/c1-3-13(4-2)9-11-14-10-7-5-6-8-12/h3-11H2,1-2H3. The van der Waals surface area contributed by atoms with Crippen LogP contribution in [0.15, 0.2) is 0 Å². The van der Waals surface area contributed by atoms with Crippen LogP contribution in [0.3, 0.4) is 0 Å². The van der Waals surface area contributed by atoms with Gasteiger partial charge in [-0.25, -0.2) is 0 Å². The Labute approximate surface area is 102 Å². The molecule has 0 aromatic rings. The van der Waals surface area contributed by atoms with Crippen LogP contribution < -0.4 is 0 Å². The van der Waals surface area contributed by atoms with Crippen molar-refractivity contribution in [2.45, 2.75) is 33.1 Å². The topological polar surface area (TPSA) is 3.24 Å². The maximum absolute atomic E-state index is 3.46. The third-order valence-corrected chi connectivity index (χ3v) is 3.98. The van der Waals surface area contributed by atoms with E-state index in [1.807, 2.05) is 0 Å². The molecule has 0 fully saturated rings. The summed E-state index contributed by atoms with van der Waals surface area (Å²) < 4.78 is 0. The average molecular weight is 282 g/mol. The first-order chi connectivity index (χ1) is 6.85. The number of alkyl halides is 1. The molecule has 0 saturated heterocycles. The summed E-state index contributed by atoms with van der Waals surface area (Å²) in [7, 11) is 0. The number of hydrogen-bond acceptors (Lipinski definition) is 2. The van der Waals surface area contributed by atoms with Crippen LogP contribution in [-0.4, -0.2) is 41.4 Å². The molecule has 0 radical (unpaired) electrons. The van der Waals surface area contributed by atoms with Crippen molar-refractivity contribution >= 4 is 27.7 Å². The first-order valence-electron chi connectivity index (χ1n) is 5.71. The van der Waals surface area contributed by atoms with Gasteiger partial charge >= 0.3 is 0 Å². The molecule has 0 atom stereocenters. The highest BCUT2D eigenvalue weighted by Crippen LogP contribution is 2.07. The summed E-state index contributed by atoms with van der Waals surface area (Å²) in [6.07, 6.45) is 4.09. The van der Waals surface area contributed by atoms with Crippen molar-refractivity contribution in [2.75, 3.05) is 36.5 Å². The Kier molecular flexibility index (Phi) is 12.5. The van der Waals surface area contributed by atoms with Crippen LogP contribution in [0, 0.1) is 0 Å². The first-order valence-corrected chi connectivity index (χ1v) is 7.98. The van der Waals surface area contributed by atoms with E-state index in [0.29, 0.717) is 0 Å². The lowest BCUT2D eigenvalue weighted by Crippen LogP contribution is -2.25. The third kappa shape index (κ3) is 9.35. The van der Waals surface area contributed by atoms with Gasteiger partial charge in [0, 0.05) is 17.6 Å². The molecule has 0 spiro atoms. The van der Waals surface area contributed by atoms with E-state index >= 15 is 0 Å². The summed E-state index contributed by atoms with van der Waals surface area (Å²) >= 11 is 5.56. The fourth-order valence-corrected chi connectivity index (χ4v) is 2.71. The van der Waals surface area contributed by atoms with Gasteiger partial charge in [0.15, 0.2) is 0 Å². The van der Waals surface area contributed by atoms with Crippen LogP contribution in [0.5, 0.6) is 0 Å². The number of nitrogens with zero attached hydrogens (tertiary/aromatic N) is 1. The van der Waals surface area contributed by atoms with Gasteiger partial charge in [-0.3, -0.25) is 0 Å². The molecule has 0 aromatic heterocycles. The lowest BCUT2D eigenvalue weighted by molar-refractivity contribution is 0.324. The summed E-state index contributed by atoms with van der Waals surface area (Å²) in [5.41, 5.74) is 0. The zero-order chi connectivity index (χ0) is 10.6. The molecule has 0 saturated carbocycles. The Balaban J connectivity index is 3.04. The van der Waals surface area contributed by atoms with Gasteiger partial charge in [0.1, 0.15) is 0 Å². The van der Waals surface area contributed by atoms with Crippen LogP contribution in [-0.2, 0) is 0 Å². The molecule has 0 rings (SSSR count). The van der Waals surface area contributed by atoms with Gasteiger partial charge in [-0.15, -0.1) is 0 Å². The van der Waals surface area contributed by atoms with Crippen molar-refractivity contribution in [2.24, 2.45) is 0 Å². The maximum atomic E-state index is 3.46. The van der Waals surface area contributed by atoms with E-state index in [1.165, 1.54) is 50.4 Å². The molecule has 0 N–H and O–H groups in total. The van der Waals surface area contributed by atoms with Gasteiger partial charge in [0.05, 0.1) is 0 Å². The number of unbranched alkanes of at least 4 members (excludes halogenated alkanes) is 2. The second-order valence-corrected chi connectivity index (χ2v) is 5.41. The van der Waals surface area contributed by atoms with E-state index in [1.54, 1.807) is 0 Å². The molecule has 3 heteroatoms. The van der Waals surface area contributed by atoms with Crippen molar-refractivity contribution in [1.82, 2.24) is 4.90 Å². The lowest BCUT2D eigenvalue weighted by Gasteiger charge is -2.17. The van der Waals surface area contributed by atoms with Crippen molar-refractivity contribution in [3.63, 3.8) is 0 Å². The molecule has 0 unspecified atom stereocenters. The van der Waals surface area contributed by atoms with Crippen molar-refractivity contribution < 1.29 is 0 Å². The van der Waals surface area contributed by atoms with Gasteiger partial charge in [0.25, 0.3) is 0 Å². The van der Waals surface area contributed by atoms with Crippen LogP contribution in [0.25, 0.3) is 0 Å². The Morgan fingerprint density at radius 1 is 1.00 bits per heavy atom. The average Bonchev–Trinajstić information content (AvgIpc) is 2.22. The molecule has 0 bridgehead atoms. The second-order valence-electron chi connectivity index (χ2n) is 3.39. The first kappa shape index (κ1) is 14.8. The van der Waals surface area contributed by atoms with Gasteiger partial charge < -0.3 is 4.90 Å². The molecule has 14 heavy (non-hydrogen) atoms. The van der Waals surface area contributed by atoms with Crippen LogP contribution >= 0.6 is 27.7 Å². The number of halogens is 1. The third-order valence-electron chi connectivity index (χ3n) is 2.37. The minimum atomic E-state index is 1.16. The van der Waals surface area contributed by atoms with Gasteiger partial charge in [0.2, 0.25) is 0 Å². The van der Waals surface area contributed by atoms with Crippen LogP contribution in [0.1, 0.15) is 33.1 Å². The lowest BCUT2D eigenvalue weighted by atomic mass is 10.3. The predicted octanol–water partition coefficient (Wildman–Crippen LogP) is 3.63. The van der Waals surface area contributed by atoms with Crippen molar-refractivity contribution in [3.8, 4) is 0 Å². The minimum absolute atomic E-state index is 1.16. The minimum Gasteiger partial charge on any atom is -0.303 e. The fourth-order valence-electron chi connectivity index (χ4n) is 1.31. The van der Waals surface area contributed by atoms with Gasteiger partial charge in [-0.05, 0) is 31.7 Å². The van der Waals surface area contributed by atoms with E-state index in [-0.39, 0.29) is 0 Å². The number of hydrogen-bond donors (Lipinski definition) is 0. The largest absolute Gasteiger partial charge is 0.303 e. The van der Waals surface area contributed by atoms with Gasteiger partial charge in [-0.2, -0.15) is 11.8 Å². The summed E-state index contributed by atoms with van der Waals surface area (Å²) in [5, 5.41) is 1.16. The molecule has 0 aliphatic heterocycles. The van der Waals surface area contributed by atoms with Crippen LogP contribution in [0.2, 0.25) is 0 Å². The van der Waals surface area contributed by atoms with E-state index in [2.05, 4.69) is 46.4 Å². The smallest absolute Gasteiger partial charge is 0.00721 e.